The Labute approximate surface area is 93.9 Å². The van der Waals surface area contributed by atoms with E-state index in [4.69, 9.17) is 9.52 Å². The summed E-state index contributed by atoms with van der Waals surface area (Å²) in [7, 11) is 0. The van der Waals surface area contributed by atoms with Crippen molar-refractivity contribution >= 4 is 17.7 Å². The number of thioether (sulfide) groups is 1. The zero-order valence-corrected chi connectivity index (χ0v) is 9.84. The topological polar surface area (TPSA) is 50.4 Å². The number of aryl methyl sites for hydroxylation is 1. The molecule has 1 heterocycles. The summed E-state index contributed by atoms with van der Waals surface area (Å²) >= 11 is 1.38. The molecule has 0 saturated heterocycles. The summed E-state index contributed by atoms with van der Waals surface area (Å²) in [5.41, 5.74) is 0. The van der Waals surface area contributed by atoms with Crippen molar-refractivity contribution in [2.24, 2.45) is 0 Å². The Morgan fingerprint density at radius 2 is 2.40 bits per heavy atom. The highest BCUT2D eigenvalue weighted by molar-refractivity contribution is 8.00. The first-order valence-electron chi connectivity index (χ1n) is 5.08. The summed E-state index contributed by atoms with van der Waals surface area (Å²) in [5.74, 6) is 0.0526. The van der Waals surface area contributed by atoms with Crippen molar-refractivity contribution in [2.75, 3.05) is 0 Å². The van der Waals surface area contributed by atoms with Gasteiger partial charge < -0.3 is 9.52 Å². The highest BCUT2D eigenvalue weighted by Gasteiger charge is 2.19. The maximum absolute atomic E-state index is 11.0. The van der Waals surface area contributed by atoms with Gasteiger partial charge in [0.05, 0.1) is 6.26 Å². The van der Waals surface area contributed by atoms with Crippen molar-refractivity contribution in [3.8, 4) is 0 Å². The monoisotopic (exact) mass is 228 g/mol. The molecule has 0 aromatic carbocycles. The average Bonchev–Trinajstić information content (AvgIpc) is 2.58. The van der Waals surface area contributed by atoms with Crippen LogP contribution in [0.5, 0.6) is 0 Å². The summed E-state index contributed by atoms with van der Waals surface area (Å²) < 4.78 is 5.14. The van der Waals surface area contributed by atoms with Gasteiger partial charge in [0.25, 0.3) is 0 Å². The number of carboxylic acid groups (broad SMARTS) is 1. The fourth-order valence-corrected chi connectivity index (χ4v) is 2.31. The molecule has 1 N–H and O–H groups in total. The molecule has 1 atom stereocenters. The van der Waals surface area contributed by atoms with Crippen molar-refractivity contribution < 1.29 is 14.3 Å². The Bertz CT molecular complexity index is 319. The second-order valence-electron chi connectivity index (χ2n) is 3.43. The van der Waals surface area contributed by atoms with Crippen LogP contribution >= 0.6 is 11.8 Å². The van der Waals surface area contributed by atoms with Crippen LogP contribution < -0.4 is 0 Å². The lowest BCUT2D eigenvalue weighted by Gasteiger charge is -2.10. The Balaban J connectivity index is 2.59. The van der Waals surface area contributed by atoms with Crippen LogP contribution in [0.15, 0.2) is 21.6 Å². The molecular formula is C11H16O3S. The molecule has 84 valence electrons. The van der Waals surface area contributed by atoms with Gasteiger partial charge in [-0.2, -0.15) is 0 Å². The van der Waals surface area contributed by atoms with Crippen molar-refractivity contribution in [1.82, 2.24) is 0 Å². The smallest absolute Gasteiger partial charge is 0.316 e. The fraction of sp³-hybridized carbons (Fsp3) is 0.545. The lowest BCUT2D eigenvalue weighted by atomic mass is 10.2. The standard InChI is InChI=1S/C11H16O3S/c1-3-4-5-10(11(12)13)15-9-6-7-14-8(9)2/h6-7,10H,3-5H2,1-2H3,(H,12,13). The van der Waals surface area contributed by atoms with Crippen LogP contribution in [0.4, 0.5) is 0 Å². The Kier molecular flexibility index (Phi) is 4.75. The number of carboxylic acids is 1. The molecule has 3 nitrogen and oxygen atoms in total. The Morgan fingerprint density at radius 3 is 2.87 bits per heavy atom. The third-order valence-electron chi connectivity index (χ3n) is 2.18. The minimum Gasteiger partial charge on any atom is -0.480 e. The third kappa shape index (κ3) is 3.63. The van der Waals surface area contributed by atoms with Gasteiger partial charge in [0.1, 0.15) is 11.0 Å². The molecule has 0 spiro atoms. The molecule has 0 radical (unpaired) electrons. The molecule has 0 aliphatic rings. The van der Waals surface area contributed by atoms with Gasteiger partial charge >= 0.3 is 5.97 Å². The normalized spacial score (nSPS) is 12.7. The molecule has 0 bridgehead atoms. The van der Waals surface area contributed by atoms with E-state index in [-0.39, 0.29) is 5.25 Å². The van der Waals surface area contributed by atoms with Crippen LogP contribution in [0.25, 0.3) is 0 Å². The predicted molar refractivity (Wildman–Crippen MR) is 60.3 cm³/mol. The minimum absolute atomic E-state index is 0.360. The highest BCUT2D eigenvalue weighted by Crippen LogP contribution is 2.30. The van der Waals surface area contributed by atoms with Gasteiger partial charge in [-0.05, 0) is 19.4 Å². The number of hydrogen-bond donors (Lipinski definition) is 1. The average molecular weight is 228 g/mol. The molecule has 1 aromatic rings. The quantitative estimate of drug-likeness (QED) is 0.759. The van der Waals surface area contributed by atoms with Gasteiger partial charge in [-0.15, -0.1) is 11.8 Å². The zero-order chi connectivity index (χ0) is 11.3. The number of unbranched alkanes of at least 4 members (excludes halogenated alkanes) is 1. The van der Waals surface area contributed by atoms with Gasteiger partial charge in [-0.25, -0.2) is 0 Å². The molecule has 0 amide bonds. The number of furan rings is 1. The molecule has 0 fully saturated rings. The van der Waals surface area contributed by atoms with Gasteiger partial charge in [0.2, 0.25) is 0 Å². The van der Waals surface area contributed by atoms with Crippen LogP contribution in [0.1, 0.15) is 31.9 Å². The molecule has 0 saturated carbocycles. The largest absolute Gasteiger partial charge is 0.480 e. The number of rotatable bonds is 6. The summed E-state index contributed by atoms with van der Waals surface area (Å²) in [4.78, 5) is 11.9. The van der Waals surface area contributed by atoms with Crippen molar-refractivity contribution in [1.29, 1.82) is 0 Å². The van der Waals surface area contributed by atoms with Gasteiger partial charge in [0.15, 0.2) is 0 Å². The summed E-state index contributed by atoms with van der Waals surface area (Å²) in [6.45, 7) is 3.91. The first-order chi connectivity index (χ1) is 7.15. The SMILES string of the molecule is CCCCC(Sc1ccoc1C)C(=O)O. The number of aliphatic carboxylic acids is 1. The summed E-state index contributed by atoms with van der Waals surface area (Å²) in [6.07, 6.45) is 4.27. The summed E-state index contributed by atoms with van der Waals surface area (Å²) in [6, 6.07) is 1.82. The van der Waals surface area contributed by atoms with Crippen molar-refractivity contribution in [2.45, 2.75) is 43.3 Å². The molecular weight excluding hydrogens is 212 g/mol. The van der Waals surface area contributed by atoms with E-state index < -0.39 is 5.97 Å². The lowest BCUT2D eigenvalue weighted by molar-refractivity contribution is -0.136. The molecule has 1 unspecified atom stereocenters. The predicted octanol–water partition coefficient (Wildman–Crippen LogP) is 3.32. The van der Waals surface area contributed by atoms with Gasteiger partial charge in [-0.1, -0.05) is 19.8 Å². The van der Waals surface area contributed by atoms with Crippen LogP contribution in [0, 0.1) is 6.92 Å². The second-order valence-corrected chi connectivity index (χ2v) is 4.67. The summed E-state index contributed by atoms with van der Waals surface area (Å²) in [5, 5.41) is 8.68. The second kappa shape index (κ2) is 5.85. The van der Waals surface area contributed by atoms with E-state index in [2.05, 4.69) is 6.92 Å². The fourth-order valence-electron chi connectivity index (χ4n) is 1.27. The Morgan fingerprint density at radius 1 is 1.67 bits per heavy atom. The van der Waals surface area contributed by atoms with E-state index >= 15 is 0 Å². The first-order valence-corrected chi connectivity index (χ1v) is 5.96. The van der Waals surface area contributed by atoms with Crippen LogP contribution in [0.2, 0.25) is 0 Å². The minimum atomic E-state index is -0.742. The van der Waals surface area contributed by atoms with Crippen molar-refractivity contribution in [3.05, 3.63) is 18.1 Å². The van der Waals surface area contributed by atoms with E-state index in [1.54, 1.807) is 6.26 Å². The van der Waals surface area contributed by atoms with Crippen LogP contribution in [-0.2, 0) is 4.79 Å². The van der Waals surface area contributed by atoms with E-state index in [9.17, 15) is 4.79 Å². The van der Waals surface area contributed by atoms with E-state index in [1.807, 2.05) is 13.0 Å². The molecule has 0 aliphatic heterocycles. The third-order valence-corrected chi connectivity index (χ3v) is 3.58. The highest BCUT2D eigenvalue weighted by atomic mass is 32.2. The van der Waals surface area contributed by atoms with Gasteiger partial charge in [-0.3, -0.25) is 4.79 Å². The number of carbonyl (C=O) groups is 1. The zero-order valence-electron chi connectivity index (χ0n) is 9.03. The van der Waals surface area contributed by atoms with E-state index in [0.717, 1.165) is 23.5 Å². The molecule has 4 heteroatoms. The van der Waals surface area contributed by atoms with Gasteiger partial charge in [0, 0.05) is 4.90 Å². The first kappa shape index (κ1) is 12.2. The lowest BCUT2D eigenvalue weighted by Crippen LogP contribution is -2.15. The molecule has 15 heavy (non-hydrogen) atoms. The van der Waals surface area contributed by atoms with Crippen LogP contribution in [0.3, 0.4) is 0 Å². The molecule has 1 rings (SSSR count). The van der Waals surface area contributed by atoms with Crippen molar-refractivity contribution in [3.63, 3.8) is 0 Å². The van der Waals surface area contributed by atoms with E-state index in [1.165, 1.54) is 11.8 Å². The molecule has 1 aromatic heterocycles. The van der Waals surface area contributed by atoms with Crippen LogP contribution in [-0.4, -0.2) is 16.3 Å². The maximum atomic E-state index is 11.0. The number of hydrogen-bond acceptors (Lipinski definition) is 3. The Hall–Kier alpha value is -0.900. The molecule has 0 aliphatic carbocycles. The maximum Gasteiger partial charge on any atom is 0.316 e. The van der Waals surface area contributed by atoms with E-state index in [0.29, 0.717) is 6.42 Å².